The predicted octanol–water partition coefficient (Wildman–Crippen LogP) is 2.90. The van der Waals surface area contributed by atoms with Crippen molar-refractivity contribution >= 4 is 17.5 Å². The molecule has 0 radical (unpaired) electrons. The number of rotatable bonds is 6. The van der Waals surface area contributed by atoms with Gasteiger partial charge >= 0.3 is 0 Å². The number of unbranched alkanes of at least 4 members (excludes halogenated alkanes) is 3. The van der Waals surface area contributed by atoms with E-state index in [-0.39, 0.29) is 11.8 Å². The van der Waals surface area contributed by atoms with Crippen molar-refractivity contribution in [3.05, 3.63) is 29.3 Å². The number of hydrogen-bond acceptors (Lipinski definition) is 3. The molecule has 1 aliphatic rings. The lowest BCUT2D eigenvalue weighted by Gasteiger charge is -2.07. The molecule has 1 aromatic carbocycles. The highest BCUT2D eigenvalue weighted by molar-refractivity contribution is 6.21. The molecule has 2 amide bonds. The monoisotopic (exact) mass is 260 g/mol. The molecule has 0 aliphatic carbocycles. The van der Waals surface area contributed by atoms with E-state index >= 15 is 0 Å². The Morgan fingerprint density at radius 1 is 1.05 bits per heavy atom. The maximum absolute atomic E-state index is 11.9. The van der Waals surface area contributed by atoms with Crippen LogP contribution in [0.25, 0.3) is 0 Å². The van der Waals surface area contributed by atoms with Gasteiger partial charge < -0.3 is 5.32 Å². The van der Waals surface area contributed by atoms with Crippen molar-refractivity contribution in [3.8, 4) is 0 Å². The van der Waals surface area contributed by atoms with Crippen LogP contribution < -0.4 is 5.32 Å². The van der Waals surface area contributed by atoms with Gasteiger partial charge in [0.15, 0.2) is 0 Å². The van der Waals surface area contributed by atoms with Gasteiger partial charge in [0.05, 0.1) is 11.1 Å². The maximum atomic E-state index is 11.9. The number of carbonyl (C=O) groups excluding carboxylic acids is 2. The highest BCUT2D eigenvalue weighted by Crippen LogP contribution is 2.24. The third-order valence-corrected chi connectivity index (χ3v) is 3.45. The normalized spacial score (nSPS) is 13.9. The minimum Gasteiger partial charge on any atom is -0.385 e. The predicted molar refractivity (Wildman–Crippen MR) is 75.5 cm³/mol. The number of carbonyl (C=O) groups is 2. The van der Waals surface area contributed by atoms with E-state index in [0.29, 0.717) is 11.1 Å². The fourth-order valence-electron chi connectivity index (χ4n) is 2.26. The van der Waals surface area contributed by atoms with Crippen LogP contribution in [0.5, 0.6) is 0 Å². The van der Waals surface area contributed by atoms with Gasteiger partial charge in [-0.2, -0.15) is 0 Å². The van der Waals surface area contributed by atoms with Crippen LogP contribution in [0.4, 0.5) is 5.69 Å². The van der Waals surface area contributed by atoms with E-state index in [2.05, 4.69) is 12.2 Å². The molecule has 0 aromatic heterocycles. The topological polar surface area (TPSA) is 49.4 Å². The minimum absolute atomic E-state index is 0.213. The zero-order valence-corrected chi connectivity index (χ0v) is 11.5. The molecule has 4 nitrogen and oxygen atoms in total. The Labute approximate surface area is 113 Å². The summed E-state index contributed by atoms with van der Waals surface area (Å²) in [6.07, 6.45) is 4.82. The fraction of sp³-hybridized carbons (Fsp3) is 0.467. The van der Waals surface area contributed by atoms with E-state index in [9.17, 15) is 9.59 Å². The second-order valence-corrected chi connectivity index (χ2v) is 4.92. The molecule has 4 heteroatoms. The molecule has 1 aromatic rings. The van der Waals surface area contributed by atoms with Crippen LogP contribution in [0.3, 0.4) is 0 Å². The maximum Gasteiger partial charge on any atom is 0.261 e. The van der Waals surface area contributed by atoms with E-state index in [1.54, 1.807) is 12.1 Å². The quantitative estimate of drug-likeness (QED) is 0.632. The van der Waals surface area contributed by atoms with E-state index in [0.717, 1.165) is 23.6 Å². The zero-order chi connectivity index (χ0) is 13.8. The molecular weight excluding hydrogens is 240 g/mol. The van der Waals surface area contributed by atoms with Crippen molar-refractivity contribution in [2.75, 3.05) is 18.9 Å². The number of amides is 2. The van der Waals surface area contributed by atoms with Crippen LogP contribution >= 0.6 is 0 Å². The summed E-state index contributed by atoms with van der Waals surface area (Å²) in [6.45, 7) is 3.09. The summed E-state index contributed by atoms with van der Waals surface area (Å²) in [6, 6.07) is 5.37. The van der Waals surface area contributed by atoms with Gasteiger partial charge in [-0.15, -0.1) is 0 Å². The summed E-state index contributed by atoms with van der Waals surface area (Å²) in [7, 11) is 1.52. The van der Waals surface area contributed by atoms with Gasteiger partial charge in [-0.1, -0.05) is 26.2 Å². The SMILES string of the molecule is CCCCCCNc1ccc2c(c1)C(=O)N(C)C2=O. The van der Waals surface area contributed by atoms with E-state index in [4.69, 9.17) is 0 Å². The average Bonchev–Trinajstić information content (AvgIpc) is 2.64. The Morgan fingerprint density at radius 2 is 1.79 bits per heavy atom. The van der Waals surface area contributed by atoms with Gasteiger partial charge in [0, 0.05) is 19.3 Å². The zero-order valence-electron chi connectivity index (χ0n) is 11.5. The smallest absolute Gasteiger partial charge is 0.261 e. The third kappa shape index (κ3) is 2.78. The van der Waals surface area contributed by atoms with Gasteiger partial charge in [0.25, 0.3) is 11.8 Å². The lowest BCUT2D eigenvalue weighted by molar-refractivity contribution is 0.0693. The van der Waals surface area contributed by atoms with Crippen LogP contribution in [0.15, 0.2) is 18.2 Å². The highest BCUT2D eigenvalue weighted by Gasteiger charge is 2.32. The van der Waals surface area contributed by atoms with Crippen molar-refractivity contribution in [2.45, 2.75) is 32.6 Å². The Balaban J connectivity index is 1.99. The molecule has 0 saturated heterocycles. The summed E-state index contributed by atoms with van der Waals surface area (Å²) in [5.74, 6) is -0.427. The van der Waals surface area contributed by atoms with Crippen LogP contribution in [0, 0.1) is 0 Å². The Bertz CT molecular complexity index is 497. The summed E-state index contributed by atoms with van der Waals surface area (Å²) < 4.78 is 0. The third-order valence-electron chi connectivity index (χ3n) is 3.45. The first-order valence-electron chi connectivity index (χ1n) is 6.85. The van der Waals surface area contributed by atoms with Crippen molar-refractivity contribution < 1.29 is 9.59 Å². The van der Waals surface area contributed by atoms with Crippen LogP contribution in [-0.4, -0.2) is 30.3 Å². The molecule has 1 N–H and O–H groups in total. The second kappa shape index (κ2) is 5.87. The number of nitrogens with zero attached hydrogens (tertiary/aromatic N) is 1. The number of anilines is 1. The summed E-state index contributed by atoms with van der Waals surface area (Å²) in [5.41, 5.74) is 1.92. The molecule has 0 saturated carbocycles. The Kier molecular flexibility index (Phi) is 4.20. The van der Waals surface area contributed by atoms with E-state index in [1.807, 2.05) is 6.07 Å². The molecule has 0 fully saturated rings. The Hall–Kier alpha value is -1.84. The lowest BCUT2D eigenvalue weighted by Crippen LogP contribution is -2.24. The van der Waals surface area contributed by atoms with Gasteiger partial charge in [0.1, 0.15) is 0 Å². The van der Waals surface area contributed by atoms with Crippen molar-refractivity contribution in [3.63, 3.8) is 0 Å². The fourth-order valence-corrected chi connectivity index (χ4v) is 2.26. The molecule has 19 heavy (non-hydrogen) atoms. The van der Waals surface area contributed by atoms with Crippen molar-refractivity contribution in [2.24, 2.45) is 0 Å². The van der Waals surface area contributed by atoms with Gasteiger partial charge in [-0.3, -0.25) is 14.5 Å². The molecule has 0 atom stereocenters. The summed E-state index contributed by atoms with van der Waals surface area (Å²) >= 11 is 0. The lowest BCUT2D eigenvalue weighted by atomic mass is 10.1. The average molecular weight is 260 g/mol. The first-order valence-corrected chi connectivity index (χ1v) is 6.85. The highest BCUT2D eigenvalue weighted by atomic mass is 16.2. The molecular formula is C15H20N2O2. The van der Waals surface area contributed by atoms with Crippen molar-refractivity contribution in [1.29, 1.82) is 0 Å². The molecule has 0 bridgehead atoms. The molecule has 102 valence electrons. The molecule has 2 rings (SSSR count). The second-order valence-electron chi connectivity index (χ2n) is 4.92. The standard InChI is InChI=1S/C15H20N2O2/c1-3-4-5-6-9-16-11-7-8-12-13(10-11)15(19)17(2)14(12)18/h7-8,10,16H,3-6,9H2,1-2H3. The molecule has 1 aliphatic heterocycles. The van der Waals surface area contributed by atoms with Gasteiger partial charge in [0.2, 0.25) is 0 Å². The van der Waals surface area contributed by atoms with Crippen LogP contribution in [0.2, 0.25) is 0 Å². The van der Waals surface area contributed by atoms with Crippen LogP contribution in [-0.2, 0) is 0 Å². The number of imide groups is 1. The summed E-state index contributed by atoms with van der Waals surface area (Å²) in [4.78, 5) is 24.7. The largest absolute Gasteiger partial charge is 0.385 e. The Morgan fingerprint density at radius 3 is 2.53 bits per heavy atom. The number of benzene rings is 1. The molecule has 0 unspecified atom stereocenters. The molecule has 1 heterocycles. The number of hydrogen-bond donors (Lipinski definition) is 1. The number of nitrogens with one attached hydrogen (secondary N) is 1. The molecule has 0 spiro atoms. The first-order chi connectivity index (χ1) is 9.15. The number of fused-ring (bicyclic) bond motifs is 1. The van der Waals surface area contributed by atoms with Crippen molar-refractivity contribution in [1.82, 2.24) is 4.90 Å². The van der Waals surface area contributed by atoms with Gasteiger partial charge in [-0.05, 0) is 24.6 Å². The summed E-state index contributed by atoms with van der Waals surface area (Å²) in [5, 5.41) is 3.30. The van der Waals surface area contributed by atoms with Gasteiger partial charge in [-0.25, -0.2) is 0 Å². The van der Waals surface area contributed by atoms with E-state index in [1.165, 1.54) is 26.3 Å². The first kappa shape index (κ1) is 13.6. The van der Waals surface area contributed by atoms with E-state index < -0.39 is 0 Å². The minimum atomic E-state index is -0.213. The van der Waals surface area contributed by atoms with Crippen LogP contribution in [0.1, 0.15) is 53.3 Å².